The molecule has 0 saturated heterocycles. The molecule has 1 heterocycles. The van der Waals surface area contributed by atoms with Crippen molar-refractivity contribution in [2.24, 2.45) is 16.8 Å². The fourth-order valence-corrected chi connectivity index (χ4v) is 6.30. The summed E-state index contributed by atoms with van der Waals surface area (Å²) in [7, 11) is -3.96. The van der Waals surface area contributed by atoms with Crippen LogP contribution in [0.4, 0.5) is 0 Å². The molecule has 2 saturated carbocycles. The van der Waals surface area contributed by atoms with Crippen molar-refractivity contribution < 1.29 is 8.42 Å². The van der Waals surface area contributed by atoms with Crippen LogP contribution in [0.15, 0.2) is 17.0 Å². The van der Waals surface area contributed by atoms with E-state index in [2.05, 4.69) is 26.7 Å². The van der Waals surface area contributed by atoms with E-state index in [4.69, 9.17) is 10.9 Å². The smallest absolute Gasteiger partial charge is 0.239 e. The van der Waals surface area contributed by atoms with Crippen molar-refractivity contribution in [2.45, 2.75) is 87.5 Å². The largest absolute Gasteiger partial charge is 0.328 e. The molecule has 0 amide bonds. The van der Waals surface area contributed by atoms with Crippen molar-refractivity contribution in [1.82, 2.24) is 20.6 Å². The van der Waals surface area contributed by atoms with Crippen LogP contribution in [0.1, 0.15) is 81.3 Å². The standard InChI is InChI=1S/C21H32N6O2S/c22-17-11-8-15(9-12-17)18-13-10-16(7-6-14-4-2-1-3-5-14)20(30(23,28)29)19(18)21-24-26-27-25-21/h10,13-15,17H,1-9,11-12,22H2,(H2,23,28,29)(H,24,25,26,27). The van der Waals surface area contributed by atoms with E-state index in [0.29, 0.717) is 23.7 Å². The molecule has 9 heteroatoms. The van der Waals surface area contributed by atoms with Gasteiger partial charge >= 0.3 is 0 Å². The molecule has 0 bridgehead atoms. The van der Waals surface area contributed by atoms with Gasteiger partial charge in [0.25, 0.3) is 0 Å². The van der Waals surface area contributed by atoms with E-state index in [-0.39, 0.29) is 16.9 Å². The van der Waals surface area contributed by atoms with Crippen LogP contribution in [0.2, 0.25) is 0 Å². The lowest BCUT2D eigenvalue weighted by Gasteiger charge is -2.29. The fraction of sp³-hybridized carbons (Fsp3) is 0.667. The highest BCUT2D eigenvalue weighted by Gasteiger charge is 2.30. The number of nitrogens with zero attached hydrogens (tertiary/aromatic N) is 3. The van der Waals surface area contributed by atoms with E-state index >= 15 is 0 Å². The minimum absolute atomic E-state index is 0.173. The molecule has 2 aromatic rings. The van der Waals surface area contributed by atoms with Gasteiger partial charge in [0.2, 0.25) is 15.8 Å². The molecule has 2 aliphatic carbocycles. The van der Waals surface area contributed by atoms with Gasteiger partial charge in [-0.15, -0.1) is 10.2 Å². The van der Waals surface area contributed by atoms with Crippen molar-refractivity contribution >= 4 is 10.0 Å². The topological polar surface area (TPSA) is 141 Å². The Kier molecular flexibility index (Phi) is 6.50. The number of nitrogens with one attached hydrogen (secondary N) is 1. The van der Waals surface area contributed by atoms with Gasteiger partial charge in [-0.3, -0.25) is 0 Å². The molecule has 4 rings (SSSR count). The van der Waals surface area contributed by atoms with Gasteiger partial charge in [0, 0.05) is 11.6 Å². The normalized spacial score (nSPS) is 23.5. The number of nitrogens with two attached hydrogens (primary N) is 2. The summed E-state index contributed by atoms with van der Waals surface area (Å²) in [4.78, 5) is 0.173. The van der Waals surface area contributed by atoms with Crippen LogP contribution < -0.4 is 10.9 Å². The SMILES string of the molecule is NC1CCC(c2ccc(CCC3CCCCC3)c(S(N)(=O)=O)c2-c2nn[nH]n2)CC1. The monoisotopic (exact) mass is 432 g/mol. The molecule has 0 unspecified atom stereocenters. The number of benzene rings is 1. The Labute approximate surface area is 178 Å². The maximum Gasteiger partial charge on any atom is 0.239 e. The number of rotatable bonds is 6. The molecule has 1 aromatic heterocycles. The van der Waals surface area contributed by atoms with E-state index in [0.717, 1.165) is 43.2 Å². The molecule has 164 valence electrons. The van der Waals surface area contributed by atoms with Gasteiger partial charge in [-0.2, -0.15) is 5.21 Å². The Bertz CT molecular complexity index is 946. The second kappa shape index (κ2) is 9.11. The molecule has 0 aliphatic heterocycles. The Morgan fingerprint density at radius 3 is 2.40 bits per heavy atom. The van der Waals surface area contributed by atoms with Crippen LogP contribution in [0, 0.1) is 5.92 Å². The number of tetrazole rings is 1. The third-order valence-corrected chi connectivity index (χ3v) is 7.92. The lowest BCUT2D eigenvalue weighted by atomic mass is 9.79. The van der Waals surface area contributed by atoms with Gasteiger partial charge < -0.3 is 5.73 Å². The maximum atomic E-state index is 12.8. The van der Waals surface area contributed by atoms with Crippen molar-refractivity contribution in [3.63, 3.8) is 0 Å². The van der Waals surface area contributed by atoms with E-state index in [1.54, 1.807) is 0 Å². The summed E-state index contributed by atoms with van der Waals surface area (Å²) in [6, 6.07) is 4.22. The molecule has 2 fully saturated rings. The first kappa shape index (κ1) is 21.4. The first-order valence-corrected chi connectivity index (χ1v) is 12.7. The summed E-state index contributed by atoms with van der Waals surface area (Å²) in [6.07, 6.45) is 11.6. The average molecular weight is 433 g/mol. The van der Waals surface area contributed by atoms with Crippen molar-refractivity contribution in [2.75, 3.05) is 0 Å². The van der Waals surface area contributed by atoms with Gasteiger partial charge in [-0.1, -0.05) is 44.2 Å². The molecule has 0 spiro atoms. The molecule has 2 aliphatic rings. The first-order chi connectivity index (χ1) is 14.4. The van der Waals surface area contributed by atoms with Crippen molar-refractivity contribution in [3.05, 3.63) is 23.3 Å². The van der Waals surface area contributed by atoms with Crippen LogP contribution >= 0.6 is 0 Å². The second-order valence-electron chi connectivity index (χ2n) is 8.95. The Morgan fingerprint density at radius 2 is 1.77 bits per heavy atom. The predicted octanol–water partition coefficient (Wildman–Crippen LogP) is 3.01. The first-order valence-electron chi connectivity index (χ1n) is 11.1. The average Bonchev–Trinajstić information content (AvgIpc) is 3.27. The Hall–Kier alpha value is -1.84. The highest BCUT2D eigenvalue weighted by molar-refractivity contribution is 7.89. The van der Waals surface area contributed by atoms with Crippen molar-refractivity contribution in [1.29, 1.82) is 0 Å². The highest BCUT2D eigenvalue weighted by Crippen LogP contribution is 2.41. The summed E-state index contributed by atoms with van der Waals surface area (Å²) < 4.78 is 25.6. The summed E-state index contributed by atoms with van der Waals surface area (Å²) in [5.41, 5.74) is 8.31. The van der Waals surface area contributed by atoms with Gasteiger partial charge in [-0.05, 0) is 66.7 Å². The van der Waals surface area contributed by atoms with Crippen LogP contribution in [0.25, 0.3) is 11.4 Å². The molecular weight excluding hydrogens is 400 g/mol. The van der Waals surface area contributed by atoms with Crippen LogP contribution in [-0.4, -0.2) is 35.1 Å². The van der Waals surface area contributed by atoms with E-state index in [1.807, 2.05) is 6.07 Å². The molecular formula is C21H32N6O2S. The summed E-state index contributed by atoms with van der Waals surface area (Å²) in [5, 5.41) is 20.2. The zero-order valence-corrected chi connectivity index (χ0v) is 18.2. The number of aromatic amines is 1. The number of primary sulfonamides is 1. The number of aromatic nitrogens is 4. The zero-order chi connectivity index (χ0) is 21.1. The van der Waals surface area contributed by atoms with E-state index in [1.165, 1.54) is 32.1 Å². The quantitative estimate of drug-likeness (QED) is 0.641. The summed E-state index contributed by atoms with van der Waals surface area (Å²) >= 11 is 0. The van der Waals surface area contributed by atoms with Gasteiger partial charge in [0.15, 0.2) is 0 Å². The molecule has 1 aromatic carbocycles. The fourth-order valence-electron chi connectivity index (χ4n) is 5.27. The van der Waals surface area contributed by atoms with Crippen molar-refractivity contribution in [3.8, 4) is 11.4 Å². The summed E-state index contributed by atoms with van der Waals surface area (Å²) in [5.74, 6) is 1.16. The van der Waals surface area contributed by atoms with Crippen LogP contribution in [0.3, 0.4) is 0 Å². The predicted molar refractivity (Wildman–Crippen MR) is 115 cm³/mol. The number of aryl methyl sites for hydroxylation is 1. The minimum Gasteiger partial charge on any atom is -0.328 e. The Morgan fingerprint density at radius 1 is 1.03 bits per heavy atom. The lowest BCUT2D eigenvalue weighted by Crippen LogP contribution is -2.26. The Balaban J connectivity index is 1.75. The third-order valence-electron chi connectivity index (χ3n) is 6.88. The number of hydrogen-bond acceptors (Lipinski definition) is 6. The van der Waals surface area contributed by atoms with Gasteiger partial charge in [0.05, 0.1) is 4.90 Å². The molecule has 5 N–H and O–H groups in total. The minimum atomic E-state index is -3.96. The maximum absolute atomic E-state index is 12.8. The van der Waals surface area contributed by atoms with Gasteiger partial charge in [-0.25, -0.2) is 13.6 Å². The van der Waals surface area contributed by atoms with Crippen LogP contribution in [-0.2, 0) is 16.4 Å². The van der Waals surface area contributed by atoms with E-state index < -0.39 is 10.0 Å². The second-order valence-corrected chi connectivity index (χ2v) is 10.5. The van der Waals surface area contributed by atoms with Gasteiger partial charge in [0.1, 0.15) is 0 Å². The highest BCUT2D eigenvalue weighted by atomic mass is 32.2. The molecule has 30 heavy (non-hydrogen) atoms. The summed E-state index contributed by atoms with van der Waals surface area (Å²) in [6.45, 7) is 0. The lowest BCUT2D eigenvalue weighted by molar-refractivity contribution is 0.338. The number of hydrogen-bond donors (Lipinski definition) is 3. The molecule has 0 atom stereocenters. The van der Waals surface area contributed by atoms with Crippen LogP contribution in [0.5, 0.6) is 0 Å². The number of sulfonamides is 1. The zero-order valence-electron chi connectivity index (χ0n) is 17.4. The number of H-pyrrole nitrogens is 1. The van der Waals surface area contributed by atoms with E-state index in [9.17, 15) is 8.42 Å². The molecule has 8 nitrogen and oxygen atoms in total. The third kappa shape index (κ3) is 4.73. The molecule has 0 radical (unpaired) electrons.